The van der Waals surface area contributed by atoms with Gasteiger partial charge in [0.05, 0.1) is 0 Å². The molecule has 25 heavy (non-hydrogen) atoms. The fourth-order valence-electron chi connectivity index (χ4n) is 2.91. The van der Waals surface area contributed by atoms with Gasteiger partial charge in [0.2, 0.25) is 11.8 Å². The van der Waals surface area contributed by atoms with Crippen molar-refractivity contribution in [1.82, 2.24) is 0 Å². The molecule has 132 valence electrons. The number of hydrogen-bond donors (Lipinski definition) is 1. The maximum Gasteiger partial charge on any atom is 0.244 e. The lowest BCUT2D eigenvalue weighted by Gasteiger charge is -2.22. The Kier molecular flexibility index (Phi) is 6.34. The van der Waals surface area contributed by atoms with Crippen LogP contribution >= 0.6 is 0 Å². The summed E-state index contributed by atoms with van der Waals surface area (Å²) in [6, 6.07) is 13.7. The number of amides is 2. The van der Waals surface area contributed by atoms with E-state index in [9.17, 15) is 9.59 Å². The van der Waals surface area contributed by atoms with Crippen LogP contribution in [-0.4, -0.2) is 18.4 Å². The quantitative estimate of drug-likeness (QED) is 0.861. The standard InChI is InChI=1S/C21H26N2O2/c1-5-17-10-8-11-18(6-2)21(17)22-20(25)14-23(16(4)24)19-12-7-9-15(3)13-19/h7-13H,5-6,14H2,1-4H3,(H,22,25). The Bertz CT molecular complexity index is 746. The summed E-state index contributed by atoms with van der Waals surface area (Å²) in [7, 11) is 0. The van der Waals surface area contributed by atoms with Crippen molar-refractivity contribution >= 4 is 23.2 Å². The molecule has 0 aliphatic rings. The molecule has 0 unspecified atom stereocenters. The zero-order valence-electron chi connectivity index (χ0n) is 15.4. The predicted octanol–water partition coefficient (Wildman–Crippen LogP) is 4.11. The van der Waals surface area contributed by atoms with Crippen molar-refractivity contribution in [3.8, 4) is 0 Å². The fourth-order valence-corrected chi connectivity index (χ4v) is 2.91. The SMILES string of the molecule is CCc1cccc(CC)c1NC(=O)CN(C(C)=O)c1cccc(C)c1. The highest BCUT2D eigenvalue weighted by molar-refractivity contribution is 6.02. The lowest BCUT2D eigenvalue weighted by molar-refractivity contribution is -0.120. The van der Waals surface area contributed by atoms with Gasteiger partial charge >= 0.3 is 0 Å². The molecule has 0 saturated carbocycles. The molecule has 2 aromatic rings. The summed E-state index contributed by atoms with van der Waals surface area (Å²) in [5.41, 5.74) is 4.89. The minimum Gasteiger partial charge on any atom is -0.324 e. The number of anilines is 2. The molecule has 0 spiro atoms. The molecule has 0 aliphatic carbocycles. The highest BCUT2D eigenvalue weighted by Crippen LogP contribution is 2.23. The molecule has 2 aromatic carbocycles. The number of benzene rings is 2. The molecule has 4 heteroatoms. The van der Waals surface area contributed by atoms with Crippen molar-refractivity contribution in [1.29, 1.82) is 0 Å². The zero-order valence-corrected chi connectivity index (χ0v) is 15.4. The number of aryl methyl sites for hydroxylation is 3. The van der Waals surface area contributed by atoms with Crippen LogP contribution in [0.25, 0.3) is 0 Å². The third-order valence-corrected chi connectivity index (χ3v) is 4.26. The van der Waals surface area contributed by atoms with Crippen LogP contribution in [0, 0.1) is 6.92 Å². The van der Waals surface area contributed by atoms with Crippen LogP contribution in [0.15, 0.2) is 42.5 Å². The van der Waals surface area contributed by atoms with Crippen LogP contribution in [-0.2, 0) is 22.4 Å². The van der Waals surface area contributed by atoms with Gasteiger partial charge in [-0.05, 0) is 48.6 Å². The van der Waals surface area contributed by atoms with E-state index >= 15 is 0 Å². The van der Waals surface area contributed by atoms with Crippen LogP contribution in [0.3, 0.4) is 0 Å². The summed E-state index contributed by atoms with van der Waals surface area (Å²) in [5, 5.41) is 3.02. The van der Waals surface area contributed by atoms with Crippen molar-refractivity contribution in [2.45, 2.75) is 40.5 Å². The van der Waals surface area contributed by atoms with Gasteiger partial charge in [-0.1, -0.05) is 44.2 Å². The summed E-state index contributed by atoms with van der Waals surface area (Å²) in [6.45, 7) is 7.58. The first-order chi connectivity index (χ1) is 12.0. The second kappa shape index (κ2) is 8.47. The predicted molar refractivity (Wildman–Crippen MR) is 103 cm³/mol. The van der Waals surface area contributed by atoms with Gasteiger partial charge in [-0.3, -0.25) is 9.59 Å². The van der Waals surface area contributed by atoms with Crippen molar-refractivity contribution in [2.75, 3.05) is 16.8 Å². The van der Waals surface area contributed by atoms with Crippen molar-refractivity contribution in [3.05, 3.63) is 59.2 Å². The smallest absolute Gasteiger partial charge is 0.244 e. The molecule has 0 bridgehead atoms. The maximum absolute atomic E-state index is 12.6. The fraction of sp³-hybridized carbons (Fsp3) is 0.333. The third-order valence-electron chi connectivity index (χ3n) is 4.26. The van der Waals surface area contributed by atoms with E-state index in [0.29, 0.717) is 0 Å². The molecule has 0 aromatic heterocycles. The van der Waals surface area contributed by atoms with Crippen LogP contribution in [0.1, 0.15) is 37.5 Å². The van der Waals surface area contributed by atoms with E-state index in [1.807, 2.05) is 49.4 Å². The van der Waals surface area contributed by atoms with Gasteiger partial charge in [-0.2, -0.15) is 0 Å². The second-order valence-electron chi connectivity index (χ2n) is 6.15. The van der Waals surface area contributed by atoms with E-state index in [-0.39, 0.29) is 18.4 Å². The van der Waals surface area contributed by atoms with Gasteiger partial charge < -0.3 is 10.2 Å². The summed E-state index contributed by atoms with van der Waals surface area (Å²) in [5.74, 6) is -0.340. The number of rotatable bonds is 6. The third kappa shape index (κ3) is 4.69. The van der Waals surface area contributed by atoms with Gasteiger partial charge in [0.1, 0.15) is 6.54 Å². The van der Waals surface area contributed by atoms with E-state index in [4.69, 9.17) is 0 Å². The normalized spacial score (nSPS) is 10.4. The molecule has 1 N–H and O–H groups in total. The summed E-state index contributed by atoms with van der Waals surface area (Å²) < 4.78 is 0. The van der Waals surface area contributed by atoms with Crippen LogP contribution in [0.2, 0.25) is 0 Å². The second-order valence-corrected chi connectivity index (χ2v) is 6.15. The lowest BCUT2D eigenvalue weighted by atomic mass is 10.0. The van der Waals surface area contributed by atoms with Crippen molar-refractivity contribution in [2.24, 2.45) is 0 Å². The van der Waals surface area contributed by atoms with E-state index in [1.165, 1.54) is 11.8 Å². The lowest BCUT2D eigenvalue weighted by Crippen LogP contribution is -2.37. The van der Waals surface area contributed by atoms with Crippen molar-refractivity contribution in [3.63, 3.8) is 0 Å². The number of carbonyl (C=O) groups excluding carboxylic acids is 2. The molecule has 0 heterocycles. The number of nitrogens with zero attached hydrogens (tertiary/aromatic N) is 1. The van der Waals surface area contributed by atoms with Crippen LogP contribution in [0.4, 0.5) is 11.4 Å². The highest BCUT2D eigenvalue weighted by Gasteiger charge is 2.17. The Hall–Kier alpha value is -2.62. The maximum atomic E-state index is 12.6. The van der Waals surface area contributed by atoms with Crippen molar-refractivity contribution < 1.29 is 9.59 Å². The Morgan fingerprint density at radius 1 is 1.00 bits per heavy atom. The summed E-state index contributed by atoms with van der Waals surface area (Å²) >= 11 is 0. The number of hydrogen-bond acceptors (Lipinski definition) is 2. The molecular weight excluding hydrogens is 312 g/mol. The number of nitrogens with one attached hydrogen (secondary N) is 1. The Balaban J connectivity index is 2.22. The summed E-state index contributed by atoms with van der Waals surface area (Å²) in [6.07, 6.45) is 1.69. The Morgan fingerprint density at radius 2 is 1.60 bits per heavy atom. The molecule has 0 atom stereocenters. The largest absolute Gasteiger partial charge is 0.324 e. The first-order valence-corrected chi connectivity index (χ1v) is 8.71. The molecule has 0 radical (unpaired) electrons. The highest BCUT2D eigenvalue weighted by atomic mass is 16.2. The number of carbonyl (C=O) groups is 2. The molecule has 4 nitrogen and oxygen atoms in total. The average molecular weight is 338 g/mol. The molecule has 0 saturated heterocycles. The van der Waals surface area contributed by atoms with Gasteiger partial charge in [-0.15, -0.1) is 0 Å². The van der Waals surface area contributed by atoms with E-state index in [2.05, 4.69) is 19.2 Å². The minimum absolute atomic E-state index is 0.0000104. The molecular formula is C21H26N2O2. The van der Waals surface area contributed by atoms with Gasteiger partial charge in [-0.25, -0.2) is 0 Å². The van der Waals surface area contributed by atoms with Gasteiger partial charge in [0, 0.05) is 18.3 Å². The average Bonchev–Trinajstić information content (AvgIpc) is 2.59. The van der Waals surface area contributed by atoms with Gasteiger partial charge in [0.15, 0.2) is 0 Å². The van der Waals surface area contributed by atoms with E-state index in [1.54, 1.807) is 0 Å². The minimum atomic E-state index is -0.188. The zero-order chi connectivity index (χ0) is 18.4. The first-order valence-electron chi connectivity index (χ1n) is 8.71. The van der Waals surface area contributed by atoms with Gasteiger partial charge in [0.25, 0.3) is 0 Å². The number of para-hydroxylation sites is 1. The Labute approximate surface area is 149 Å². The molecule has 0 fully saturated rings. The monoisotopic (exact) mass is 338 g/mol. The van der Waals surface area contributed by atoms with E-state index in [0.717, 1.165) is 40.9 Å². The molecule has 2 amide bonds. The molecule has 2 rings (SSSR count). The first kappa shape index (κ1) is 18.7. The van der Waals surface area contributed by atoms with Crippen LogP contribution in [0.5, 0.6) is 0 Å². The van der Waals surface area contributed by atoms with Crippen LogP contribution < -0.4 is 10.2 Å². The molecule has 0 aliphatic heterocycles. The Morgan fingerprint density at radius 3 is 2.12 bits per heavy atom. The topological polar surface area (TPSA) is 49.4 Å². The van der Waals surface area contributed by atoms with E-state index < -0.39 is 0 Å². The summed E-state index contributed by atoms with van der Waals surface area (Å²) in [4.78, 5) is 26.2.